The summed E-state index contributed by atoms with van der Waals surface area (Å²) >= 11 is 0. The van der Waals surface area contributed by atoms with Crippen molar-refractivity contribution in [1.82, 2.24) is 10.5 Å². The van der Waals surface area contributed by atoms with E-state index in [1.54, 1.807) is 25.3 Å². The van der Waals surface area contributed by atoms with Crippen LogP contribution >= 0.6 is 0 Å². The van der Waals surface area contributed by atoms with Crippen LogP contribution in [0, 0.1) is 0 Å². The van der Waals surface area contributed by atoms with Crippen molar-refractivity contribution in [2.45, 2.75) is 6.54 Å². The first-order chi connectivity index (χ1) is 13.7. The van der Waals surface area contributed by atoms with Gasteiger partial charge in [0.25, 0.3) is 5.91 Å². The van der Waals surface area contributed by atoms with Crippen LogP contribution in [-0.2, 0) is 11.3 Å². The van der Waals surface area contributed by atoms with E-state index in [-0.39, 0.29) is 25.9 Å². The molecule has 0 saturated carbocycles. The molecular formula is C20H18N2O6. The SMILES string of the molecule is COc1ccccc1OCC(=O)NCc1cc(-c2ccc3c(c2)OCO3)on1. The van der Waals surface area contributed by atoms with Crippen molar-refractivity contribution >= 4 is 5.91 Å². The lowest BCUT2D eigenvalue weighted by Crippen LogP contribution is -2.28. The quantitative estimate of drug-likeness (QED) is 0.672. The summed E-state index contributed by atoms with van der Waals surface area (Å²) in [7, 11) is 1.55. The van der Waals surface area contributed by atoms with E-state index in [1.807, 2.05) is 30.3 Å². The summed E-state index contributed by atoms with van der Waals surface area (Å²) in [6.07, 6.45) is 0. The molecule has 8 nitrogen and oxygen atoms in total. The fraction of sp³-hybridized carbons (Fsp3) is 0.200. The van der Waals surface area contributed by atoms with Crippen LogP contribution in [-0.4, -0.2) is 31.6 Å². The Morgan fingerprint density at radius 2 is 1.93 bits per heavy atom. The number of para-hydroxylation sites is 2. The van der Waals surface area contributed by atoms with Crippen LogP contribution in [0.3, 0.4) is 0 Å². The van der Waals surface area contributed by atoms with E-state index in [0.717, 1.165) is 5.56 Å². The van der Waals surface area contributed by atoms with E-state index in [2.05, 4.69) is 10.5 Å². The zero-order valence-electron chi connectivity index (χ0n) is 15.1. The Balaban J connectivity index is 1.31. The summed E-state index contributed by atoms with van der Waals surface area (Å²) in [4.78, 5) is 12.0. The number of methoxy groups -OCH3 is 1. The molecule has 1 N–H and O–H groups in total. The second-order valence-corrected chi connectivity index (χ2v) is 5.97. The molecule has 1 aliphatic heterocycles. The molecule has 0 bridgehead atoms. The van der Waals surface area contributed by atoms with Crippen molar-refractivity contribution in [2.75, 3.05) is 20.5 Å². The number of nitrogens with zero attached hydrogens (tertiary/aromatic N) is 1. The maximum absolute atomic E-state index is 12.0. The Morgan fingerprint density at radius 1 is 1.11 bits per heavy atom. The Kier molecular flexibility index (Phi) is 5.01. The predicted octanol–water partition coefficient (Wildman–Crippen LogP) is 2.77. The Morgan fingerprint density at radius 3 is 2.79 bits per heavy atom. The molecule has 1 aliphatic rings. The Bertz CT molecular complexity index is 984. The fourth-order valence-electron chi connectivity index (χ4n) is 2.70. The number of nitrogens with one attached hydrogen (secondary N) is 1. The lowest BCUT2D eigenvalue weighted by Gasteiger charge is -2.09. The number of hydrogen-bond acceptors (Lipinski definition) is 7. The molecule has 28 heavy (non-hydrogen) atoms. The van der Waals surface area contributed by atoms with Crippen LogP contribution in [0.2, 0.25) is 0 Å². The van der Waals surface area contributed by atoms with Crippen molar-refractivity contribution in [2.24, 2.45) is 0 Å². The fourth-order valence-corrected chi connectivity index (χ4v) is 2.70. The number of hydrogen-bond donors (Lipinski definition) is 1. The number of carbonyl (C=O) groups excluding carboxylic acids is 1. The number of rotatable bonds is 7. The molecule has 2 heterocycles. The van der Waals surface area contributed by atoms with Crippen LogP contribution in [0.5, 0.6) is 23.0 Å². The molecule has 0 saturated heterocycles. The lowest BCUT2D eigenvalue weighted by atomic mass is 10.1. The molecule has 2 aromatic carbocycles. The summed E-state index contributed by atoms with van der Waals surface area (Å²) in [5, 5.41) is 6.72. The minimum Gasteiger partial charge on any atom is -0.493 e. The molecule has 4 rings (SSSR count). The molecule has 0 radical (unpaired) electrons. The van der Waals surface area contributed by atoms with Gasteiger partial charge >= 0.3 is 0 Å². The smallest absolute Gasteiger partial charge is 0.258 e. The Hall–Kier alpha value is -3.68. The van der Waals surface area contributed by atoms with Gasteiger partial charge in [0.2, 0.25) is 6.79 Å². The first-order valence-corrected chi connectivity index (χ1v) is 8.61. The Labute approximate surface area is 160 Å². The van der Waals surface area contributed by atoms with E-state index in [0.29, 0.717) is 34.5 Å². The van der Waals surface area contributed by atoms with Crippen molar-refractivity contribution < 1.29 is 28.3 Å². The van der Waals surface area contributed by atoms with Gasteiger partial charge in [0.05, 0.1) is 13.7 Å². The molecule has 0 unspecified atom stereocenters. The molecule has 0 spiro atoms. The molecule has 0 atom stereocenters. The second kappa shape index (κ2) is 7.91. The maximum Gasteiger partial charge on any atom is 0.258 e. The normalized spacial score (nSPS) is 11.9. The number of amides is 1. The van der Waals surface area contributed by atoms with Crippen LogP contribution in [0.15, 0.2) is 53.1 Å². The average Bonchev–Trinajstić information content (AvgIpc) is 3.39. The maximum atomic E-state index is 12.0. The third-order valence-electron chi connectivity index (χ3n) is 4.11. The van der Waals surface area contributed by atoms with E-state index in [1.165, 1.54) is 0 Å². The molecule has 1 amide bonds. The van der Waals surface area contributed by atoms with E-state index >= 15 is 0 Å². The number of fused-ring (bicyclic) bond motifs is 1. The molecule has 3 aromatic rings. The summed E-state index contributed by atoms with van der Waals surface area (Å²) in [6.45, 7) is 0.304. The van der Waals surface area contributed by atoms with Crippen LogP contribution < -0.4 is 24.3 Å². The highest BCUT2D eigenvalue weighted by molar-refractivity contribution is 5.77. The molecule has 8 heteroatoms. The largest absolute Gasteiger partial charge is 0.493 e. The standard InChI is InChI=1S/C20H18N2O6/c1-24-15-4-2-3-5-16(15)25-11-20(23)21-10-14-9-18(28-22-14)13-6-7-17-19(8-13)27-12-26-17/h2-9H,10-12H2,1H3,(H,21,23). The number of benzene rings is 2. The third-order valence-corrected chi connectivity index (χ3v) is 4.11. The number of ether oxygens (including phenoxy) is 4. The molecule has 0 aliphatic carbocycles. The van der Waals surface area contributed by atoms with Crippen molar-refractivity contribution in [3.63, 3.8) is 0 Å². The first kappa shape index (κ1) is 17.7. The second-order valence-electron chi connectivity index (χ2n) is 5.97. The van der Waals surface area contributed by atoms with Crippen LogP contribution in [0.25, 0.3) is 11.3 Å². The lowest BCUT2D eigenvalue weighted by molar-refractivity contribution is -0.123. The topological polar surface area (TPSA) is 92.1 Å². The minimum absolute atomic E-state index is 0.132. The predicted molar refractivity (Wildman–Crippen MR) is 98.4 cm³/mol. The van der Waals surface area contributed by atoms with Gasteiger partial charge in [-0.25, -0.2) is 0 Å². The van der Waals surface area contributed by atoms with Crippen molar-refractivity contribution in [3.8, 4) is 34.3 Å². The van der Waals surface area contributed by atoms with Crippen molar-refractivity contribution in [3.05, 3.63) is 54.2 Å². The highest BCUT2D eigenvalue weighted by Gasteiger charge is 2.16. The van der Waals surface area contributed by atoms with Gasteiger partial charge in [-0.2, -0.15) is 0 Å². The molecule has 0 fully saturated rings. The van der Waals surface area contributed by atoms with Gasteiger partial charge in [-0.1, -0.05) is 17.3 Å². The minimum atomic E-state index is -0.279. The van der Waals surface area contributed by atoms with Gasteiger partial charge in [0.1, 0.15) is 5.69 Å². The highest BCUT2D eigenvalue weighted by atomic mass is 16.7. The molecular weight excluding hydrogens is 364 g/mol. The van der Waals surface area contributed by atoms with Crippen LogP contribution in [0.1, 0.15) is 5.69 Å². The van der Waals surface area contributed by atoms with E-state index < -0.39 is 0 Å². The zero-order valence-corrected chi connectivity index (χ0v) is 15.1. The van der Waals surface area contributed by atoms with Crippen LogP contribution in [0.4, 0.5) is 0 Å². The monoisotopic (exact) mass is 382 g/mol. The number of aromatic nitrogens is 1. The summed E-state index contributed by atoms with van der Waals surface area (Å²) < 4.78 is 26.7. The first-order valence-electron chi connectivity index (χ1n) is 8.61. The highest BCUT2D eigenvalue weighted by Crippen LogP contribution is 2.36. The van der Waals surface area contributed by atoms with E-state index in [4.69, 9.17) is 23.5 Å². The third kappa shape index (κ3) is 3.85. The summed E-state index contributed by atoms with van der Waals surface area (Å²) in [5.41, 5.74) is 1.41. The average molecular weight is 382 g/mol. The van der Waals surface area contributed by atoms with Gasteiger partial charge < -0.3 is 28.8 Å². The zero-order chi connectivity index (χ0) is 19.3. The van der Waals surface area contributed by atoms with Crippen molar-refractivity contribution in [1.29, 1.82) is 0 Å². The molecule has 144 valence electrons. The van der Waals surface area contributed by atoms with Gasteiger partial charge in [-0.05, 0) is 30.3 Å². The van der Waals surface area contributed by atoms with E-state index in [9.17, 15) is 4.79 Å². The molecule has 1 aromatic heterocycles. The number of carbonyl (C=O) groups is 1. The summed E-state index contributed by atoms with van der Waals surface area (Å²) in [5.74, 6) is 2.74. The van der Waals surface area contributed by atoms with Gasteiger partial charge in [-0.3, -0.25) is 4.79 Å². The van der Waals surface area contributed by atoms with Gasteiger partial charge in [0, 0.05) is 11.6 Å². The van der Waals surface area contributed by atoms with Gasteiger partial charge in [0.15, 0.2) is 35.4 Å². The van der Waals surface area contributed by atoms with Gasteiger partial charge in [-0.15, -0.1) is 0 Å². The summed E-state index contributed by atoms with van der Waals surface area (Å²) in [6, 6.07) is 14.4.